The van der Waals surface area contributed by atoms with Crippen LogP contribution in [-0.2, 0) is 32.2 Å². The Bertz CT molecular complexity index is 2750. The number of anilines is 3. The third-order valence-electron chi connectivity index (χ3n) is 8.64. The first-order valence-electron chi connectivity index (χ1n) is 20.2. The van der Waals surface area contributed by atoms with Crippen molar-refractivity contribution in [1.82, 2.24) is 49.1 Å². The lowest BCUT2D eigenvalue weighted by molar-refractivity contribution is 0.110. The molecule has 0 bridgehead atoms. The van der Waals surface area contributed by atoms with E-state index in [1.165, 1.54) is 16.3 Å². The molecule has 0 fully saturated rings. The molecule has 0 amide bonds. The number of aromatic nitrogens is 10. The zero-order valence-corrected chi connectivity index (χ0v) is 36.3. The highest BCUT2D eigenvalue weighted by Crippen LogP contribution is 2.20. The Morgan fingerprint density at radius 3 is 1.61 bits per heavy atom. The fraction of sp³-hybridized carbons (Fsp3) is 0.317. The first-order valence-corrected chi connectivity index (χ1v) is 22.0. The number of rotatable bonds is 19. The molecule has 6 aromatic heterocycles. The lowest BCUT2D eigenvalue weighted by Gasteiger charge is -2.08. The molecule has 0 saturated carbocycles. The second-order valence-corrected chi connectivity index (χ2v) is 15.3. The Morgan fingerprint density at radius 2 is 1.14 bits per heavy atom. The number of nitrogens with two attached hydrogens (primary N) is 3. The summed E-state index contributed by atoms with van der Waals surface area (Å²) in [5.74, 6) is 4.20. The van der Waals surface area contributed by atoms with Crippen molar-refractivity contribution >= 4 is 39.2 Å². The number of nitrogens with one attached hydrogen (secondary N) is 1. The van der Waals surface area contributed by atoms with Gasteiger partial charge in [-0.25, -0.2) is 8.42 Å². The molecule has 0 aliphatic carbocycles. The van der Waals surface area contributed by atoms with Crippen molar-refractivity contribution in [3.63, 3.8) is 0 Å². The number of furan rings is 2. The van der Waals surface area contributed by atoms with Gasteiger partial charge in [0.2, 0.25) is 39.3 Å². The molecule has 338 valence electrons. The quantitative estimate of drug-likeness (QED) is 0.0839. The van der Waals surface area contributed by atoms with E-state index in [0.29, 0.717) is 75.2 Å². The van der Waals surface area contributed by atoms with Gasteiger partial charge in [-0.1, -0.05) is 24.3 Å². The van der Waals surface area contributed by atoms with Gasteiger partial charge >= 0.3 is 0 Å². The minimum atomic E-state index is -3.57. The molecule has 0 aliphatic rings. The standard InChI is InChI=1S/C20H23N7O3.C12H19NO2.C9H8N6O3S/c1-2-28-12-13-29-15-7-5-14(6-8-15)9-10-22-19-24-18(21)27-20(25-19)23-17(26-27)16-4-3-11-30-16;1-2-14-9-10-15-12-5-3-11(4-6-12)7-8-13;1-19(16,17)9-12-7(10)15-8(13-9)11-6(14-15)5-3-2-4-18-5/h3-8,11H,2,9-10,12-13H2,1H3,(H3,21,22,23,24,25,26);3-6H,2,7-10,13H2,1H3;2-4H,1H3,(H2,10,11,12,13,14). The van der Waals surface area contributed by atoms with E-state index in [1.807, 2.05) is 62.4 Å². The Hall–Kier alpha value is -7.21. The van der Waals surface area contributed by atoms with Gasteiger partial charge in [0.05, 0.1) is 25.7 Å². The summed E-state index contributed by atoms with van der Waals surface area (Å²) in [6.45, 7) is 9.06. The largest absolute Gasteiger partial charge is 0.491 e. The van der Waals surface area contributed by atoms with Crippen molar-refractivity contribution in [3.05, 3.63) is 96.4 Å². The molecule has 22 nitrogen and oxygen atoms in total. The summed E-state index contributed by atoms with van der Waals surface area (Å²) in [6.07, 6.45) is 5.72. The second kappa shape index (κ2) is 22.8. The Kier molecular flexibility index (Phi) is 16.5. The number of ether oxygens (including phenoxy) is 4. The van der Waals surface area contributed by atoms with E-state index in [0.717, 1.165) is 47.3 Å². The van der Waals surface area contributed by atoms with Gasteiger partial charge in [0.1, 0.15) is 24.7 Å². The molecule has 0 spiro atoms. The predicted molar refractivity (Wildman–Crippen MR) is 236 cm³/mol. The van der Waals surface area contributed by atoms with E-state index in [-0.39, 0.29) is 23.5 Å². The van der Waals surface area contributed by atoms with Gasteiger partial charge in [0.15, 0.2) is 11.5 Å². The molecule has 8 aromatic rings. The second-order valence-electron chi connectivity index (χ2n) is 13.4. The van der Waals surface area contributed by atoms with E-state index in [2.05, 4.69) is 45.4 Å². The monoisotopic (exact) mass is 898 g/mol. The summed E-state index contributed by atoms with van der Waals surface area (Å²) in [5.41, 5.74) is 19.5. The molecule has 64 heavy (non-hydrogen) atoms. The highest BCUT2D eigenvalue weighted by atomic mass is 32.2. The summed E-state index contributed by atoms with van der Waals surface area (Å²) in [6, 6.07) is 22.9. The Morgan fingerprint density at radius 1 is 0.641 bits per heavy atom. The van der Waals surface area contributed by atoms with Gasteiger partial charge in [-0.2, -0.15) is 38.9 Å². The summed E-state index contributed by atoms with van der Waals surface area (Å²) in [5, 5.41) is 11.1. The first-order chi connectivity index (χ1) is 31.0. The van der Waals surface area contributed by atoms with Crippen LogP contribution in [0.4, 0.5) is 17.8 Å². The third kappa shape index (κ3) is 13.2. The molecule has 23 heteroatoms. The number of nitrogens with zero attached hydrogens (tertiary/aromatic N) is 10. The highest BCUT2D eigenvalue weighted by Gasteiger charge is 2.19. The number of hydrogen-bond donors (Lipinski definition) is 4. The van der Waals surface area contributed by atoms with Gasteiger partial charge in [0, 0.05) is 26.0 Å². The molecule has 0 unspecified atom stereocenters. The van der Waals surface area contributed by atoms with Crippen LogP contribution in [0.15, 0.2) is 99.3 Å². The number of sulfone groups is 1. The molecule has 7 N–H and O–H groups in total. The number of hydrogen-bond acceptors (Lipinski definition) is 20. The van der Waals surface area contributed by atoms with Crippen LogP contribution in [-0.4, -0.2) is 117 Å². The average molecular weight is 899 g/mol. The third-order valence-corrected chi connectivity index (χ3v) is 9.48. The summed E-state index contributed by atoms with van der Waals surface area (Å²) in [7, 11) is -3.57. The lowest BCUT2D eigenvalue weighted by Crippen LogP contribution is -2.12. The summed E-state index contributed by atoms with van der Waals surface area (Å²) in [4.78, 5) is 24.5. The van der Waals surface area contributed by atoms with Crippen LogP contribution in [0.3, 0.4) is 0 Å². The van der Waals surface area contributed by atoms with Crippen LogP contribution in [0.2, 0.25) is 0 Å². The SMILES string of the molecule is CCOCCOc1ccc(CCN)cc1.CCOCCOc1ccc(CCNc2nc(N)n3nc(-c4ccco4)nc3n2)cc1.CS(=O)(=O)c1nc(N)n2nc(-c3ccco3)nc2n1. The minimum absolute atomic E-state index is 0.0410. The van der Waals surface area contributed by atoms with Crippen LogP contribution < -0.4 is 32.0 Å². The maximum atomic E-state index is 11.4. The van der Waals surface area contributed by atoms with Gasteiger partial charge in [-0.15, -0.1) is 10.2 Å². The number of fused-ring (bicyclic) bond motifs is 2. The molecule has 0 saturated heterocycles. The Balaban J connectivity index is 0.000000172. The Labute approximate surface area is 368 Å². The molecular formula is C41H50N14O8S. The van der Waals surface area contributed by atoms with Crippen LogP contribution in [0.1, 0.15) is 25.0 Å². The molecular weight excluding hydrogens is 849 g/mol. The summed E-state index contributed by atoms with van der Waals surface area (Å²) >= 11 is 0. The minimum Gasteiger partial charge on any atom is -0.491 e. The van der Waals surface area contributed by atoms with Gasteiger partial charge < -0.3 is 50.3 Å². The fourth-order valence-corrected chi connectivity index (χ4v) is 6.08. The van der Waals surface area contributed by atoms with Gasteiger partial charge in [-0.3, -0.25) is 0 Å². The highest BCUT2D eigenvalue weighted by molar-refractivity contribution is 7.90. The molecule has 8 rings (SSSR count). The normalized spacial score (nSPS) is 11.2. The first kappa shape index (κ1) is 46.3. The van der Waals surface area contributed by atoms with Crippen molar-refractivity contribution in [2.24, 2.45) is 5.73 Å². The maximum Gasteiger partial charge on any atom is 0.259 e. The maximum absolute atomic E-state index is 11.4. The molecule has 2 aromatic carbocycles. The van der Waals surface area contributed by atoms with Crippen molar-refractivity contribution in [3.8, 4) is 34.7 Å². The van der Waals surface area contributed by atoms with Crippen molar-refractivity contribution in [1.29, 1.82) is 0 Å². The van der Waals surface area contributed by atoms with Gasteiger partial charge in [-0.05, 0) is 92.9 Å². The van der Waals surface area contributed by atoms with Crippen molar-refractivity contribution in [2.75, 3.05) is 75.8 Å². The zero-order chi connectivity index (χ0) is 45.3. The van der Waals surface area contributed by atoms with E-state index < -0.39 is 15.0 Å². The smallest absolute Gasteiger partial charge is 0.259 e. The van der Waals surface area contributed by atoms with Crippen LogP contribution in [0.25, 0.3) is 34.7 Å². The van der Waals surface area contributed by atoms with Crippen molar-refractivity contribution in [2.45, 2.75) is 31.8 Å². The van der Waals surface area contributed by atoms with Crippen LogP contribution >= 0.6 is 0 Å². The average Bonchev–Trinajstić information content (AvgIpc) is 4.13. The van der Waals surface area contributed by atoms with E-state index in [4.69, 9.17) is 45.0 Å². The number of nitrogen functional groups attached to an aromatic ring is 2. The van der Waals surface area contributed by atoms with E-state index in [1.54, 1.807) is 30.5 Å². The number of benzene rings is 2. The lowest BCUT2D eigenvalue weighted by atomic mass is 10.1. The molecule has 0 atom stereocenters. The fourth-order valence-electron chi connectivity index (χ4n) is 5.57. The molecule has 6 heterocycles. The van der Waals surface area contributed by atoms with Gasteiger partial charge in [0.25, 0.3) is 16.7 Å². The van der Waals surface area contributed by atoms with Crippen molar-refractivity contribution < 1.29 is 36.2 Å². The predicted octanol–water partition coefficient (Wildman–Crippen LogP) is 3.80. The topological polar surface area (TPSA) is 299 Å². The van der Waals surface area contributed by atoms with Crippen LogP contribution in [0.5, 0.6) is 11.5 Å². The summed E-state index contributed by atoms with van der Waals surface area (Å²) < 4.78 is 57.3. The molecule has 0 aliphatic heterocycles. The zero-order valence-electron chi connectivity index (χ0n) is 35.5. The molecule has 0 radical (unpaired) electrons. The van der Waals surface area contributed by atoms with Crippen LogP contribution in [0, 0.1) is 0 Å². The van der Waals surface area contributed by atoms with E-state index in [9.17, 15) is 8.42 Å². The van der Waals surface area contributed by atoms with E-state index >= 15 is 0 Å².